The van der Waals surface area contributed by atoms with Gasteiger partial charge in [0.1, 0.15) is 0 Å². The first kappa shape index (κ1) is 17.5. The lowest BCUT2D eigenvalue weighted by Gasteiger charge is -2.30. The average molecular weight is 257 g/mol. The van der Waals surface area contributed by atoms with Crippen molar-refractivity contribution in [2.24, 2.45) is 0 Å². The van der Waals surface area contributed by atoms with E-state index >= 15 is 0 Å². The maximum atomic E-state index is 6.36. The highest BCUT2D eigenvalue weighted by Crippen LogP contribution is 2.14. The van der Waals surface area contributed by atoms with Crippen molar-refractivity contribution in [2.45, 2.75) is 77.1 Å². The molecule has 0 aromatic rings. The summed E-state index contributed by atoms with van der Waals surface area (Å²) >= 11 is -0.953. The summed E-state index contributed by atoms with van der Waals surface area (Å²) in [5, 5.41) is 2.73. The molecule has 0 spiro atoms. The number of unbranched alkanes of at least 4 members (excludes halogenated alkanes) is 2. The van der Waals surface area contributed by atoms with Crippen molar-refractivity contribution in [3.63, 3.8) is 0 Å². The number of hydrogen-bond donors (Lipinski definition) is 0. The van der Waals surface area contributed by atoms with Crippen LogP contribution in [0, 0.1) is 0 Å². The van der Waals surface area contributed by atoms with Gasteiger partial charge in [-0.05, 0) is 20.0 Å². The standard InChI is InChI=1S/C6H14NO.2C4H9.Al/c1-4-7(5-2)6(3)8;2*1-3-4-2;/h6H,4-5H2,1-3H3;2*1,3-4H2,2H3;/q-1;;;+1. The van der Waals surface area contributed by atoms with Crippen molar-refractivity contribution in [1.29, 1.82) is 0 Å². The molecule has 0 rings (SSSR count). The molecule has 0 amide bonds. The molecule has 0 saturated carbocycles. The quantitative estimate of drug-likeness (QED) is 0.404. The highest BCUT2D eigenvalue weighted by Gasteiger charge is 2.23. The smallest absolute Gasteiger partial charge is 0.461 e. The molecule has 0 aliphatic rings. The van der Waals surface area contributed by atoms with Crippen LogP contribution in [0.1, 0.15) is 60.3 Å². The molecular formula is C14H32AlNO. The van der Waals surface area contributed by atoms with Crippen molar-refractivity contribution < 1.29 is 3.79 Å². The van der Waals surface area contributed by atoms with Gasteiger partial charge < -0.3 is 3.79 Å². The Hall–Kier alpha value is 0.452. The Balaban J connectivity index is 4.09. The van der Waals surface area contributed by atoms with Crippen LogP contribution in [0.2, 0.25) is 10.6 Å². The van der Waals surface area contributed by atoms with Crippen molar-refractivity contribution in [2.75, 3.05) is 13.1 Å². The summed E-state index contributed by atoms with van der Waals surface area (Å²) < 4.78 is 6.36. The molecule has 2 nitrogen and oxygen atoms in total. The van der Waals surface area contributed by atoms with Crippen molar-refractivity contribution in [3.8, 4) is 0 Å². The summed E-state index contributed by atoms with van der Waals surface area (Å²) in [4.78, 5) is 2.41. The third kappa shape index (κ3) is 8.22. The maximum absolute atomic E-state index is 6.36. The summed E-state index contributed by atoms with van der Waals surface area (Å²) in [6, 6.07) is 0. The van der Waals surface area contributed by atoms with E-state index in [2.05, 4.69) is 39.5 Å². The molecule has 1 atom stereocenters. The van der Waals surface area contributed by atoms with E-state index in [1.54, 1.807) is 0 Å². The summed E-state index contributed by atoms with van der Waals surface area (Å²) in [5.74, 6) is 0. The Morgan fingerprint density at radius 2 is 1.41 bits per heavy atom. The largest absolute Gasteiger partial charge is 0.487 e. The summed E-state index contributed by atoms with van der Waals surface area (Å²) in [5.41, 5.74) is 0. The molecule has 1 unspecified atom stereocenters. The topological polar surface area (TPSA) is 12.5 Å². The van der Waals surface area contributed by atoms with Gasteiger partial charge in [0, 0.05) is 0 Å². The SMILES string of the molecule is CCC[CH2][Al]([CH2]CCC)[O]C(C)N(CC)CC. The van der Waals surface area contributed by atoms with E-state index in [0.29, 0.717) is 6.23 Å². The van der Waals surface area contributed by atoms with Crippen LogP contribution < -0.4 is 0 Å². The normalized spacial score (nSPS) is 13.1. The predicted molar refractivity (Wildman–Crippen MR) is 78.7 cm³/mol. The molecule has 0 aromatic carbocycles. The van der Waals surface area contributed by atoms with Gasteiger partial charge in [-0.2, -0.15) is 0 Å². The fraction of sp³-hybridized carbons (Fsp3) is 1.00. The van der Waals surface area contributed by atoms with Gasteiger partial charge in [-0.3, -0.25) is 4.90 Å². The van der Waals surface area contributed by atoms with Crippen LogP contribution in [0.3, 0.4) is 0 Å². The number of rotatable bonds is 11. The van der Waals surface area contributed by atoms with Gasteiger partial charge in [-0.1, -0.05) is 63.9 Å². The van der Waals surface area contributed by atoms with E-state index in [1.807, 2.05) is 0 Å². The van der Waals surface area contributed by atoms with E-state index in [0.717, 1.165) is 13.1 Å². The summed E-state index contributed by atoms with van der Waals surface area (Å²) in [6.07, 6.45) is 5.64. The van der Waals surface area contributed by atoms with Crippen LogP contribution >= 0.6 is 0 Å². The van der Waals surface area contributed by atoms with Gasteiger partial charge in [0.05, 0.1) is 6.23 Å². The molecule has 0 aliphatic carbocycles. The molecule has 0 bridgehead atoms. The maximum Gasteiger partial charge on any atom is 0.461 e. The van der Waals surface area contributed by atoms with Crippen LogP contribution in [-0.4, -0.2) is 38.7 Å². The van der Waals surface area contributed by atoms with E-state index < -0.39 is 14.5 Å². The first-order chi connectivity index (χ1) is 8.19. The Labute approximate surface area is 113 Å². The fourth-order valence-electron chi connectivity index (χ4n) is 2.25. The number of hydrogen-bond acceptors (Lipinski definition) is 2. The zero-order valence-electron chi connectivity index (χ0n) is 12.7. The fourth-order valence-corrected chi connectivity index (χ4v) is 5.26. The Morgan fingerprint density at radius 3 is 1.76 bits per heavy atom. The molecule has 17 heavy (non-hydrogen) atoms. The van der Waals surface area contributed by atoms with Crippen molar-refractivity contribution in [1.82, 2.24) is 4.90 Å². The minimum absolute atomic E-state index is 0.329. The van der Waals surface area contributed by atoms with E-state index in [9.17, 15) is 0 Å². The molecule has 0 aliphatic heterocycles. The highest BCUT2D eigenvalue weighted by molar-refractivity contribution is 6.51. The Kier molecular flexibility index (Phi) is 11.8. The van der Waals surface area contributed by atoms with Gasteiger partial charge in [-0.15, -0.1) is 0 Å². The van der Waals surface area contributed by atoms with Crippen LogP contribution in [0.15, 0.2) is 0 Å². The van der Waals surface area contributed by atoms with Crippen LogP contribution in [0.25, 0.3) is 0 Å². The summed E-state index contributed by atoms with van der Waals surface area (Å²) in [6.45, 7) is 13.4. The van der Waals surface area contributed by atoms with Gasteiger partial charge in [0.2, 0.25) is 0 Å². The third-order valence-electron chi connectivity index (χ3n) is 3.48. The minimum atomic E-state index is -0.953. The molecule has 0 saturated heterocycles. The van der Waals surface area contributed by atoms with E-state index in [1.165, 1.54) is 36.2 Å². The van der Waals surface area contributed by atoms with E-state index in [-0.39, 0.29) is 0 Å². The highest BCUT2D eigenvalue weighted by atomic mass is 27.2. The summed E-state index contributed by atoms with van der Waals surface area (Å²) in [7, 11) is 0. The Bertz CT molecular complexity index is 154. The zero-order chi connectivity index (χ0) is 13.1. The molecule has 0 aromatic heterocycles. The van der Waals surface area contributed by atoms with Gasteiger partial charge in [0.25, 0.3) is 0 Å². The zero-order valence-corrected chi connectivity index (χ0v) is 13.8. The van der Waals surface area contributed by atoms with Crippen LogP contribution in [-0.2, 0) is 3.79 Å². The molecular weight excluding hydrogens is 225 g/mol. The van der Waals surface area contributed by atoms with Crippen molar-refractivity contribution in [3.05, 3.63) is 0 Å². The van der Waals surface area contributed by atoms with Gasteiger partial charge >= 0.3 is 14.5 Å². The lowest BCUT2D eigenvalue weighted by Crippen LogP contribution is -2.38. The van der Waals surface area contributed by atoms with Crippen LogP contribution in [0.4, 0.5) is 0 Å². The second-order valence-corrected chi connectivity index (χ2v) is 7.53. The van der Waals surface area contributed by atoms with Gasteiger partial charge in [0.15, 0.2) is 0 Å². The lowest BCUT2D eigenvalue weighted by molar-refractivity contribution is 0.0448. The molecule has 3 heteroatoms. The number of nitrogens with zero attached hydrogens (tertiary/aromatic N) is 1. The molecule has 0 N–H and O–H groups in total. The van der Waals surface area contributed by atoms with Crippen molar-refractivity contribution >= 4 is 14.5 Å². The monoisotopic (exact) mass is 257 g/mol. The molecule has 0 heterocycles. The third-order valence-corrected chi connectivity index (χ3v) is 6.36. The molecule has 0 fully saturated rings. The predicted octanol–water partition coefficient (Wildman–Crippen LogP) is 4.28. The van der Waals surface area contributed by atoms with Crippen LogP contribution in [0.5, 0.6) is 0 Å². The lowest BCUT2D eigenvalue weighted by atomic mass is 10.4. The Morgan fingerprint density at radius 1 is 0.941 bits per heavy atom. The second kappa shape index (κ2) is 11.5. The van der Waals surface area contributed by atoms with Gasteiger partial charge in [-0.25, -0.2) is 0 Å². The first-order valence-corrected chi connectivity index (χ1v) is 9.69. The second-order valence-electron chi connectivity index (χ2n) is 4.86. The van der Waals surface area contributed by atoms with E-state index in [4.69, 9.17) is 3.79 Å². The first-order valence-electron chi connectivity index (χ1n) is 7.58. The minimum Gasteiger partial charge on any atom is -0.487 e. The molecule has 102 valence electrons. The molecule has 0 radical (unpaired) electrons. The average Bonchev–Trinajstić information content (AvgIpc) is 2.34.